The van der Waals surface area contributed by atoms with Crippen molar-refractivity contribution in [2.24, 2.45) is 0 Å². The van der Waals surface area contributed by atoms with E-state index in [1.807, 2.05) is 41.8 Å². The van der Waals surface area contributed by atoms with Gasteiger partial charge in [-0.2, -0.15) is 0 Å². The maximum Gasteiger partial charge on any atom is 0.183 e. The number of nitrogens with zero attached hydrogens (tertiary/aromatic N) is 1. The number of thiazole rings is 1. The fourth-order valence-electron chi connectivity index (χ4n) is 2.65. The van der Waals surface area contributed by atoms with Gasteiger partial charge in [0.05, 0.1) is 12.8 Å². The molecule has 0 fully saturated rings. The molecule has 1 aliphatic rings. The lowest BCUT2D eigenvalue weighted by atomic mass is 10.1. The molecule has 0 unspecified atom stereocenters. The van der Waals surface area contributed by atoms with E-state index in [9.17, 15) is 0 Å². The maximum atomic E-state index is 5.64. The molecule has 0 bridgehead atoms. The number of ether oxygens (including phenoxy) is 3. The summed E-state index contributed by atoms with van der Waals surface area (Å²) in [7, 11) is 1.67. The number of methoxy groups -OCH3 is 1. The van der Waals surface area contributed by atoms with E-state index in [1.165, 1.54) is 0 Å². The smallest absolute Gasteiger partial charge is 0.183 e. The second kappa shape index (κ2) is 7.03. The molecular weight excluding hydrogens is 336 g/mol. The lowest BCUT2D eigenvalue weighted by Gasteiger charge is -2.18. The molecule has 0 amide bonds. The Morgan fingerprint density at radius 3 is 2.88 bits per heavy atom. The summed E-state index contributed by atoms with van der Waals surface area (Å²) in [4.78, 5) is 4.67. The molecule has 0 atom stereocenters. The molecule has 3 aromatic rings. The van der Waals surface area contributed by atoms with Gasteiger partial charge in [0.25, 0.3) is 0 Å². The van der Waals surface area contributed by atoms with Crippen LogP contribution >= 0.6 is 11.3 Å². The number of fused-ring (bicyclic) bond motifs is 1. The van der Waals surface area contributed by atoms with Crippen LogP contribution in [0.4, 0.5) is 5.13 Å². The minimum Gasteiger partial charge on any atom is -0.497 e. The molecule has 2 heterocycles. The quantitative estimate of drug-likeness (QED) is 0.744. The molecule has 25 heavy (non-hydrogen) atoms. The Morgan fingerprint density at radius 2 is 2.00 bits per heavy atom. The van der Waals surface area contributed by atoms with Crippen LogP contribution in [0, 0.1) is 0 Å². The Labute approximate surface area is 150 Å². The zero-order valence-electron chi connectivity index (χ0n) is 13.8. The van der Waals surface area contributed by atoms with Crippen molar-refractivity contribution in [1.29, 1.82) is 0 Å². The van der Waals surface area contributed by atoms with Crippen LogP contribution in [0.2, 0.25) is 0 Å². The van der Waals surface area contributed by atoms with Crippen molar-refractivity contribution in [3.63, 3.8) is 0 Å². The van der Waals surface area contributed by atoms with Crippen molar-refractivity contribution in [1.82, 2.24) is 4.98 Å². The van der Waals surface area contributed by atoms with Gasteiger partial charge in [-0.25, -0.2) is 4.98 Å². The average Bonchev–Trinajstić information content (AvgIpc) is 3.15. The standard InChI is InChI=1S/C19H18N2O3S/c1-22-15-4-2-3-13(9-15)11-20-19-21-16(12-25-19)14-5-6-17-18(10-14)24-8-7-23-17/h2-6,9-10,12H,7-8,11H2,1H3,(H,20,21). The second-order valence-electron chi connectivity index (χ2n) is 5.60. The highest BCUT2D eigenvalue weighted by Crippen LogP contribution is 2.35. The first-order valence-electron chi connectivity index (χ1n) is 8.04. The van der Waals surface area contributed by atoms with Gasteiger partial charge in [-0.3, -0.25) is 0 Å². The normalized spacial score (nSPS) is 12.7. The van der Waals surface area contributed by atoms with E-state index in [1.54, 1.807) is 18.4 Å². The number of nitrogens with one attached hydrogen (secondary N) is 1. The van der Waals surface area contributed by atoms with Gasteiger partial charge in [-0.15, -0.1) is 11.3 Å². The van der Waals surface area contributed by atoms with Crippen molar-refractivity contribution >= 4 is 16.5 Å². The SMILES string of the molecule is COc1cccc(CNc2nc(-c3ccc4c(c3)OCCO4)cs2)c1. The van der Waals surface area contributed by atoms with Crippen LogP contribution in [0.25, 0.3) is 11.3 Å². The summed E-state index contributed by atoms with van der Waals surface area (Å²) in [6.07, 6.45) is 0. The van der Waals surface area contributed by atoms with E-state index in [0.717, 1.165) is 39.2 Å². The number of hydrogen-bond acceptors (Lipinski definition) is 6. The molecule has 0 saturated heterocycles. The van der Waals surface area contributed by atoms with E-state index in [-0.39, 0.29) is 0 Å². The predicted octanol–water partition coefficient (Wildman–Crippen LogP) is 4.20. The van der Waals surface area contributed by atoms with Crippen molar-refractivity contribution < 1.29 is 14.2 Å². The Bertz CT molecular complexity index is 879. The van der Waals surface area contributed by atoms with Crippen LogP contribution < -0.4 is 19.5 Å². The number of anilines is 1. The third-order valence-corrected chi connectivity index (χ3v) is 4.72. The number of rotatable bonds is 5. The Kier molecular flexibility index (Phi) is 4.43. The largest absolute Gasteiger partial charge is 0.497 e. The van der Waals surface area contributed by atoms with Crippen LogP contribution in [0.1, 0.15) is 5.56 Å². The van der Waals surface area contributed by atoms with Crippen LogP contribution in [-0.4, -0.2) is 25.3 Å². The third kappa shape index (κ3) is 3.53. The minimum atomic E-state index is 0.584. The van der Waals surface area contributed by atoms with Crippen molar-refractivity contribution in [3.8, 4) is 28.5 Å². The van der Waals surface area contributed by atoms with Crippen molar-refractivity contribution in [3.05, 3.63) is 53.4 Å². The van der Waals surface area contributed by atoms with Gasteiger partial charge < -0.3 is 19.5 Å². The van der Waals surface area contributed by atoms with Gasteiger partial charge in [-0.05, 0) is 35.9 Å². The van der Waals surface area contributed by atoms with Gasteiger partial charge in [0.1, 0.15) is 19.0 Å². The molecule has 0 spiro atoms. The molecule has 2 aromatic carbocycles. The summed E-state index contributed by atoms with van der Waals surface area (Å²) >= 11 is 1.59. The van der Waals surface area contributed by atoms with Crippen LogP contribution in [0.3, 0.4) is 0 Å². The summed E-state index contributed by atoms with van der Waals surface area (Å²) < 4.78 is 16.5. The first-order chi connectivity index (χ1) is 12.3. The number of aromatic nitrogens is 1. The lowest BCUT2D eigenvalue weighted by molar-refractivity contribution is 0.171. The predicted molar refractivity (Wildman–Crippen MR) is 98.9 cm³/mol. The lowest BCUT2D eigenvalue weighted by Crippen LogP contribution is -2.15. The van der Waals surface area contributed by atoms with E-state index in [0.29, 0.717) is 19.8 Å². The molecular formula is C19H18N2O3S. The van der Waals surface area contributed by atoms with Crippen molar-refractivity contribution in [2.75, 3.05) is 25.6 Å². The maximum absolute atomic E-state index is 5.64. The highest BCUT2D eigenvalue weighted by Gasteiger charge is 2.13. The fraction of sp³-hybridized carbons (Fsp3) is 0.211. The Balaban J connectivity index is 1.46. The van der Waals surface area contributed by atoms with Crippen molar-refractivity contribution in [2.45, 2.75) is 6.54 Å². The monoisotopic (exact) mass is 354 g/mol. The van der Waals surface area contributed by atoms with E-state index in [2.05, 4.69) is 16.4 Å². The molecule has 1 aliphatic heterocycles. The van der Waals surface area contributed by atoms with E-state index >= 15 is 0 Å². The van der Waals surface area contributed by atoms with Crippen LogP contribution in [-0.2, 0) is 6.54 Å². The van der Waals surface area contributed by atoms with Crippen LogP contribution in [0.5, 0.6) is 17.2 Å². The van der Waals surface area contributed by atoms with E-state index < -0.39 is 0 Å². The van der Waals surface area contributed by atoms with Gasteiger partial charge in [0.2, 0.25) is 0 Å². The summed E-state index contributed by atoms with van der Waals surface area (Å²) in [6, 6.07) is 13.9. The van der Waals surface area contributed by atoms with Gasteiger partial charge in [0.15, 0.2) is 16.6 Å². The summed E-state index contributed by atoms with van der Waals surface area (Å²) in [5.41, 5.74) is 3.10. The molecule has 0 saturated carbocycles. The highest BCUT2D eigenvalue weighted by atomic mass is 32.1. The van der Waals surface area contributed by atoms with Gasteiger partial charge in [0, 0.05) is 17.5 Å². The summed E-state index contributed by atoms with van der Waals surface area (Å²) in [5.74, 6) is 2.43. The zero-order chi connectivity index (χ0) is 17.1. The first kappa shape index (κ1) is 15.8. The molecule has 0 aliphatic carbocycles. The Morgan fingerprint density at radius 1 is 1.12 bits per heavy atom. The molecule has 6 heteroatoms. The molecule has 0 radical (unpaired) electrons. The van der Waals surface area contributed by atoms with Gasteiger partial charge in [-0.1, -0.05) is 12.1 Å². The topological polar surface area (TPSA) is 52.6 Å². The van der Waals surface area contributed by atoms with Crippen LogP contribution in [0.15, 0.2) is 47.8 Å². The summed E-state index contributed by atoms with van der Waals surface area (Å²) in [6.45, 7) is 1.88. The molecule has 128 valence electrons. The molecule has 1 N–H and O–H groups in total. The number of hydrogen-bond donors (Lipinski definition) is 1. The zero-order valence-corrected chi connectivity index (χ0v) is 14.6. The van der Waals surface area contributed by atoms with Gasteiger partial charge >= 0.3 is 0 Å². The Hall–Kier alpha value is -2.73. The highest BCUT2D eigenvalue weighted by molar-refractivity contribution is 7.14. The first-order valence-corrected chi connectivity index (χ1v) is 8.92. The minimum absolute atomic E-state index is 0.584. The van der Waals surface area contributed by atoms with E-state index in [4.69, 9.17) is 14.2 Å². The fourth-order valence-corrected chi connectivity index (χ4v) is 3.37. The summed E-state index contributed by atoms with van der Waals surface area (Å²) in [5, 5.41) is 6.28. The third-order valence-electron chi connectivity index (χ3n) is 3.92. The molecule has 1 aromatic heterocycles. The average molecular weight is 354 g/mol. The molecule has 5 nitrogen and oxygen atoms in total. The second-order valence-corrected chi connectivity index (χ2v) is 6.46. The molecule has 4 rings (SSSR count). The number of benzene rings is 2.